The van der Waals surface area contributed by atoms with E-state index in [1.807, 2.05) is 42.2 Å². The molecule has 4 nitrogen and oxygen atoms in total. The molecule has 1 amide bonds. The number of benzene rings is 1. The fourth-order valence-corrected chi connectivity index (χ4v) is 3.86. The fourth-order valence-electron chi connectivity index (χ4n) is 2.98. The maximum absolute atomic E-state index is 12.8. The van der Waals surface area contributed by atoms with Gasteiger partial charge in [0.2, 0.25) is 0 Å². The Balaban J connectivity index is 1.82. The molecule has 3 rings (SSSR count). The lowest BCUT2D eigenvalue weighted by Crippen LogP contribution is -2.51. The minimum absolute atomic E-state index is 0.00534. The summed E-state index contributed by atoms with van der Waals surface area (Å²) < 4.78 is 0. The van der Waals surface area contributed by atoms with Gasteiger partial charge in [0.15, 0.2) is 0 Å². The summed E-state index contributed by atoms with van der Waals surface area (Å²) >= 11 is 1.46. The first-order valence-electron chi connectivity index (χ1n) is 7.74. The van der Waals surface area contributed by atoms with Gasteiger partial charge in [0, 0.05) is 24.2 Å². The van der Waals surface area contributed by atoms with Crippen LogP contribution < -0.4 is 5.73 Å². The lowest BCUT2D eigenvalue weighted by atomic mass is 9.97. The summed E-state index contributed by atoms with van der Waals surface area (Å²) in [5.41, 5.74) is 7.11. The molecule has 0 saturated carbocycles. The second-order valence-electron chi connectivity index (χ2n) is 5.82. The smallest absolute Gasteiger partial charge is 0.265 e. The van der Waals surface area contributed by atoms with Crippen molar-refractivity contribution in [1.29, 1.82) is 0 Å². The predicted molar refractivity (Wildman–Crippen MR) is 89.9 cm³/mol. The van der Waals surface area contributed by atoms with Crippen LogP contribution in [-0.2, 0) is 0 Å². The molecule has 5 heteroatoms. The highest BCUT2D eigenvalue weighted by Crippen LogP contribution is 2.28. The van der Waals surface area contributed by atoms with Crippen LogP contribution in [0.1, 0.15) is 35.9 Å². The normalized spacial score (nSPS) is 19.9. The van der Waals surface area contributed by atoms with Gasteiger partial charge >= 0.3 is 0 Å². The van der Waals surface area contributed by atoms with Gasteiger partial charge in [-0.2, -0.15) is 0 Å². The number of amides is 1. The Morgan fingerprint density at radius 3 is 2.86 bits per heavy atom. The lowest BCUT2D eigenvalue weighted by Gasteiger charge is -2.37. The molecule has 22 heavy (non-hydrogen) atoms. The SMILES string of the molecule is CC(N)C1CCCCN1C(=O)c1cnc(-c2ccccc2)s1. The van der Waals surface area contributed by atoms with Crippen LogP contribution in [0.5, 0.6) is 0 Å². The van der Waals surface area contributed by atoms with Crippen LogP contribution in [-0.4, -0.2) is 34.4 Å². The monoisotopic (exact) mass is 315 g/mol. The summed E-state index contributed by atoms with van der Waals surface area (Å²) in [6.07, 6.45) is 4.89. The van der Waals surface area contributed by atoms with Crippen LogP contribution in [0.4, 0.5) is 0 Å². The van der Waals surface area contributed by atoms with Crippen molar-refractivity contribution in [2.24, 2.45) is 5.73 Å². The first-order chi connectivity index (χ1) is 10.7. The topological polar surface area (TPSA) is 59.2 Å². The van der Waals surface area contributed by atoms with Gasteiger partial charge in [-0.05, 0) is 26.2 Å². The van der Waals surface area contributed by atoms with Crippen molar-refractivity contribution in [3.8, 4) is 10.6 Å². The van der Waals surface area contributed by atoms with Gasteiger partial charge in [-0.1, -0.05) is 30.3 Å². The van der Waals surface area contributed by atoms with Crippen molar-refractivity contribution in [3.63, 3.8) is 0 Å². The Labute approximate surface area is 135 Å². The Bertz CT molecular complexity index is 638. The molecule has 0 bridgehead atoms. The highest BCUT2D eigenvalue weighted by Gasteiger charge is 2.30. The molecule has 1 aliphatic heterocycles. The predicted octanol–water partition coefficient (Wildman–Crippen LogP) is 3.15. The minimum atomic E-state index is 0.00534. The number of piperidine rings is 1. The number of hydrogen-bond donors (Lipinski definition) is 1. The van der Waals surface area contributed by atoms with E-state index in [1.54, 1.807) is 6.20 Å². The molecular weight excluding hydrogens is 294 g/mol. The average Bonchev–Trinajstić information content (AvgIpc) is 3.05. The largest absolute Gasteiger partial charge is 0.333 e. The zero-order valence-corrected chi connectivity index (χ0v) is 13.6. The number of thiazole rings is 1. The molecule has 2 N–H and O–H groups in total. The van der Waals surface area contributed by atoms with Gasteiger partial charge < -0.3 is 10.6 Å². The summed E-state index contributed by atoms with van der Waals surface area (Å²) in [6.45, 7) is 2.78. The minimum Gasteiger partial charge on any atom is -0.333 e. The second kappa shape index (κ2) is 6.58. The molecule has 2 heterocycles. The Morgan fingerprint density at radius 1 is 1.36 bits per heavy atom. The van der Waals surface area contributed by atoms with Crippen LogP contribution in [0.25, 0.3) is 10.6 Å². The summed E-state index contributed by atoms with van der Waals surface area (Å²) in [5, 5.41) is 0.887. The van der Waals surface area contributed by atoms with Crippen molar-refractivity contribution < 1.29 is 4.79 Å². The zero-order chi connectivity index (χ0) is 15.5. The Hall–Kier alpha value is -1.72. The number of hydrogen-bond acceptors (Lipinski definition) is 4. The van der Waals surface area contributed by atoms with E-state index in [2.05, 4.69) is 4.98 Å². The third kappa shape index (κ3) is 3.05. The van der Waals surface area contributed by atoms with Gasteiger partial charge in [-0.15, -0.1) is 11.3 Å². The molecule has 0 radical (unpaired) electrons. The molecular formula is C17H21N3OS. The van der Waals surface area contributed by atoms with E-state index in [1.165, 1.54) is 11.3 Å². The maximum Gasteiger partial charge on any atom is 0.265 e. The van der Waals surface area contributed by atoms with E-state index in [9.17, 15) is 4.79 Å². The van der Waals surface area contributed by atoms with Crippen LogP contribution >= 0.6 is 11.3 Å². The van der Waals surface area contributed by atoms with Gasteiger partial charge in [-0.25, -0.2) is 4.98 Å². The summed E-state index contributed by atoms with van der Waals surface area (Å²) in [7, 11) is 0. The van der Waals surface area contributed by atoms with E-state index in [-0.39, 0.29) is 18.0 Å². The Morgan fingerprint density at radius 2 is 2.14 bits per heavy atom. The summed E-state index contributed by atoms with van der Waals surface area (Å²) in [4.78, 5) is 19.9. The average molecular weight is 315 g/mol. The second-order valence-corrected chi connectivity index (χ2v) is 6.85. The number of rotatable bonds is 3. The molecule has 2 atom stereocenters. The first-order valence-corrected chi connectivity index (χ1v) is 8.56. The molecule has 1 fully saturated rings. The fraction of sp³-hybridized carbons (Fsp3) is 0.412. The molecule has 2 aromatic rings. The lowest BCUT2D eigenvalue weighted by molar-refractivity contribution is 0.0588. The molecule has 1 aliphatic rings. The van der Waals surface area contributed by atoms with E-state index in [0.29, 0.717) is 4.88 Å². The summed E-state index contributed by atoms with van der Waals surface area (Å²) in [6, 6.07) is 10.1. The third-order valence-electron chi connectivity index (χ3n) is 4.15. The van der Waals surface area contributed by atoms with E-state index in [4.69, 9.17) is 5.73 Å². The van der Waals surface area contributed by atoms with Crippen molar-refractivity contribution in [2.45, 2.75) is 38.3 Å². The van der Waals surface area contributed by atoms with Gasteiger partial charge in [0.05, 0.1) is 6.20 Å². The van der Waals surface area contributed by atoms with Crippen LogP contribution in [0.2, 0.25) is 0 Å². The van der Waals surface area contributed by atoms with Crippen LogP contribution in [0.15, 0.2) is 36.5 Å². The molecule has 0 spiro atoms. The van der Waals surface area contributed by atoms with Crippen molar-refractivity contribution in [2.75, 3.05) is 6.54 Å². The molecule has 1 aromatic heterocycles. The van der Waals surface area contributed by atoms with Gasteiger partial charge in [0.1, 0.15) is 9.88 Å². The van der Waals surface area contributed by atoms with Crippen LogP contribution in [0.3, 0.4) is 0 Å². The standard InChI is InChI=1S/C17H21N3OS/c1-12(18)14-9-5-6-10-20(14)17(21)15-11-19-16(22-15)13-7-3-2-4-8-13/h2-4,7-8,11-12,14H,5-6,9-10,18H2,1H3. The van der Waals surface area contributed by atoms with E-state index in [0.717, 1.165) is 36.4 Å². The quantitative estimate of drug-likeness (QED) is 0.946. The van der Waals surface area contributed by atoms with E-state index < -0.39 is 0 Å². The number of likely N-dealkylation sites (tertiary alicyclic amines) is 1. The molecule has 0 aliphatic carbocycles. The zero-order valence-electron chi connectivity index (χ0n) is 12.7. The first kappa shape index (κ1) is 15.2. The van der Waals surface area contributed by atoms with E-state index >= 15 is 0 Å². The number of aromatic nitrogens is 1. The van der Waals surface area contributed by atoms with Crippen molar-refractivity contribution in [1.82, 2.24) is 9.88 Å². The highest BCUT2D eigenvalue weighted by molar-refractivity contribution is 7.16. The molecule has 2 unspecified atom stereocenters. The molecule has 116 valence electrons. The number of carbonyl (C=O) groups is 1. The van der Waals surface area contributed by atoms with Crippen molar-refractivity contribution >= 4 is 17.2 Å². The highest BCUT2D eigenvalue weighted by atomic mass is 32.1. The third-order valence-corrected chi connectivity index (χ3v) is 5.19. The van der Waals surface area contributed by atoms with Gasteiger partial charge in [0.25, 0.3) is 5.91 Å². The van der Waals surface area contributed by atoms with Crippen molar-refractivity contribution in [3.05, 3.63) is 41.4 Å². The number of nitrogens with zero attached hydrogens (tertiary/aromatic N) is 2. The number of carbonyl (C=O) groups excluding carboxylic acids is 1. The Kier molecular flexibility index (Phi) is 4.55. The molecule has 1 aromatic carbocycles. The number of nitrogens with two attached hydrogens (primary N) is 1. The van der Waals surface area contributed by atoms with Gasteiger partial charge in [-0.3, -0.25) is 4.79 Å². The molecule has 1 saturated heterocycles. The maximum atomic E-state index is 12.8. The van der Waals surface area contributed by atoms with Crippen LogP contribution in [0, 0.1) is 0 Å². The summed E-state index contributed by atoms with van der Waals surface area (Å²) in [5.74, 6) is 0.0710.